The fourth-order valence-electron chi connectivity index (χ4n) is 3.71. The minimum Gasteiger partial charge on any atom is -0.408 e. The Morgan fingerprint density at radius 2 is 1.87 bits per heavy atom. The smallest absolute Gasteiger partial charge is 0.286 e. The van der Waals surface area contributed by atoms with E-state index < -0.39 is 6.04 Å². The van der Waals surface area contributed by atoms with Crippen LogP contribution in [0, 0.1) is 11.8 Å². The number of nitrogens with zero attached hydrogens (tertiary/aromatic N) is 2. The fourth-order valence-corrected chi connectivity index (χ4v) is 4.37. The molecule has 0 bridgehead atoms. The molecule has 0 aliphatic heterocycles. The van der Waals surface area contributed by atoms with Crippen LogP contribution in [0.4, 0.5) is 0 Å². The Morgan fingerprint density at radius 3 is 2.58 bits per heavy atom. The summed E-state index contributed by atoms with van der Waals surface area (Å²) in [5.41, 5.74) is 1.23. The van der Waals surface area contributed by atoms with Crippen LogP contribution < -0.4 is 10.6 Å². The van der Waals surface area contributed by atoms with Crippen molar-refractivity contribution in [2.24, 2.45) is 11.8 Å². The van der Waals surface area contributed by atoms with Crippen molar-refractivity contribution in [3.8, 4) is 0 Å². The second kappa shape index (κ2) is 12.0. The molecule has 0 spiro atoms. The molecule has 1 aliphatic rings. The largest absolute Gasteiger partial charge is 0.408 e. The third kappa shape index (κ3) is 7.18. The van der Waals surface area contributed by atoms with Crippen LogP contribution in [-0.2, 0) is 11.3 Å². The number of thioether (sulfide) groups is 1. The van der Waals surface area contributed by atoms with Gasteiger partial charge in [0.15, 0.2) is 0 Å². The molecule has 1 heterocycles. The summed E-state index contributed by atoms with van der Waals surface area (Å²) in [5.74, 6) is 0.285. The van der Waals surface area contributed by atoms with Gasteiger partial charge in [0.25, 0.3) is 11.1 Å². The Labute approximate surface area is 188 Å². The highest BCUT2D eigenvalue weighted by molar-refractivity contribution is 7.99. The molecule has 1 atom stereocenters. The number of nitrogens with one attached hydrogen (secondary N) is 2. The number of ketones is 1. The van der Waals surface area contributed by atoms with E-state index in [2.05, 4.69) is 33.0 Å². The number of aromatic nitrogens is 2. The number of carbonyl (C=O) groups excluding carboxylic acids is 2. The van der Waals surface area contributed by atoms with Gasteiger partial charge in [-0.15, -0.1) is 10.2 Å². The summed E-state index contributed by atoms with van der Waals surface area (Å²) in [5, 5.41) is 14.6. The first kappa shape index (κ1) is 23.5. The monoisotopic (exact) mass is 444 g/mol. The zero-order chi connectivity index (χ0) is 22.1. The van der Waals surface area contributed by atoms with Crippen molar-refractivity contribution < 1.29 is 14.0 Å². The maximum absolute atomic E-state index is 12.9. The number of hydrogen-bond donors (Lipinski definition) is 2. The van der Waals surface area contributed by atoms with E-state index in [1.807, 2.05) is 32.0 Å². The molecule has 3 rings (SSSR count). The number of carbonyl (C=O) groups is 2. The first-order valence-electron chi connectivity index (χ1n) is 11.1. The van der Waals surface area contributed by atoms with Crippen LogP contribution >= 0.6 is 11.8 Å². The lowest BCUT2D eigenvalue weighted by atomic mass is 9.88. The molecule has 168 valence electrons. The Bertz CT molecular complexity index is 834. The van der Waals surface area contributed by atoms with E-state index >= 15 is 0 Å². The predicted molar refractivity (Wildman–Crippen MR) is 121 cm³/mol. The van der Waals surface area contributed by atoms with Gasteiger partial charge >= 0.3 is 0 Å². The molecule has 31 heavy (non-hydrogen) atoms. The standard InChI is InChI=1S/C23H32N4O3S/c1-16(2)19(25-21(29)18-11-7-4-8-12-18)20(28)22-26-27-23(30-22)31-14-13-24-15-17-9-5-3-6-10-17/h3,5-6,9-10,16,18-19,24H,4,7-8,11-15H2,1-2H3,(H,25,29)/t19-/m0/s1. The number of amides is 1. The van der Waals surface area contributed by atoms with Crippen LogP contribution in [-0.4, -0.2) is 40.2 Å². The first-order chi connectivity index (χ1) is 15.0. The topological polar surface area (TPSA) is 97.1 Å². The van der Waals surface area contributed by atoms with E-state index in [0.717, 1.165) is 44.5 Å². The van der Waals surface area contributed by atoms with Crippen molar-refractivity contribution in [1.29, 1.82) is 0 Å². The van der Waals surface area contributed by atoms with E-state index in [1.54, 1.807) is 0 Å². The molecule has 1 fully saturated rings. The van der Waals surface area contributed by atoms with Crippen LogP contribution in [0.15, 0.2) is 40.0 Å². The number of benzene rings is 1. The molecule has 2 aromatic rings. The van der Waals surface area contributed by atoms with E-state index in [9.17, 15) is 9.59 Å². The molecule has 2 N–H and O–H groups in total. The van der Waals surface area contributed by atoms with E-state index in [4.69, 9.17) is 4.42 Å². The summed E-state index contributed by atoms with van der Waals surface area (Å²) in [6, 6.07) is 9.54. The lowest BCUT2D eigenvalue weighted by Crippen LogP contribution is -2.47. The third-order valence-electron chi connectivity index (χ3n) is 5.52. The average molecular weight is 445 g/mol. The SMILES string of the molecule is CC(C)[C@H](NC(=O)C1CCCCC1)C(=O)c1nnc(SCCNCc2ccccc2)o1. The highest BCUT2D eigenvalue weighted by atomic mass is 32.2. The summed E-state index contributed by atoms with van der Waals surface area (Å²) < 4.78 is 5.58. The first-order valence-corrected chi connectivity index (χ1v) is 12.1. The van der Waals surface area contributed by atoms with Gasteiger partial charge < -0.3 is 15.1 Å². The lowest BCUT2D eigenvalue weighted by Gasteiger charge is -2.25. The van der Waals surface area contributed by atoms with Crippen molar-refractivity contribution in [3.05, 3.63) is 41.8 Å². The molecule has 7 nitrogen and oxygen atoms in total. The van der Waals surface area contributed by atoms with Gasteiger partial charge in [-0.2, -0.15) is 0 Å². The highest BCUT2D eigenvalue weighted by Crippen LogP contribution is 2.24. The van der Waals surface area contributed by atoms with Crippen molar-refractivity contribution >= 4 is 23.5 Å². The van der Waals surface area contributed by atoms with Gasteiger partial charge in [-0.25, -0.2) is 0 Å². The van der Waals surface area contributed by atoms with Gasteiger partial charge in [0.1, 0.15) is 0 Å². The molecular formula is C23H32N4O3S. The van der Waals surface area contributed by atoms with Crippen LogP contribution in [0.1, 0.15) is 62.2 Å². The average Bonchev–Trinajstić information content (AvgIpc) is 3.27. The van der Waals surface area contributed by atoms with E-state index in [0.29, 0.717) is 5.22 Å². The second-order valence-electron chi connectivity index (χ2n) is 8.31. The third-order valence-corrected chi connectivity index (χ3v) is 6.34. The van der Waals surface area contributed by atoms with E-state index in [1.165, 1.54) is 23.7 Å². The molecule has 0 saturated heterocycles. The molecule has 0 unspecified atom stereocenters. The Morgan fingerprint density at radius 1 is 1.13 bits per heavy atom. The molecule has 1 aliphatic carbocycles. The van der Waals surface area contributed by atoms with Crippen molar-refractivity contribution in [1.82, 2.24) is 20.8 Å². The predicted octanol–water partition coefficient (Wildman–Crippen LogP) is 3.86. The van der Waals surface area contributed by atoms with E-state index in [-0.39, 0.29) is 29.4 Å². The van der Waals surface area contributed by atoms with Crippen LogP contribution in [0.2, 0.25) is 0 Å². The second-order valence-corrected chi connectivity index (χ2v) is 9.36. The Balaban J connectivity index is 1.47. The Kier molecular flexibility index (Phi) is 9.09. The number of Topliss-reactive ketones (excluding diaryl/α,β-unsaturated/α-hetero) is 1. The summed E-state index contributed by atoms with van der Waals surface area (Å²) in [6.07, 6.45) is 5.11. The summed E-state index contributed by atoms with van der Waals surface area (Å²) in [7, 11) is 0. The van der Waals surface area contributed by atoms with Gasteiger partial charge in [-0.05, 0) is 24.3 Å². The molecule has 1 aromatic heterocycles. The Hall–Kier alpha value is -2.19. The molecule has 8 heteroatoms. The maximum Gasteiger partial charge on any atom is 0.286 e. The number of rotatable bonds is 11. The zero-order valence-corrected chi connectivity index (χ0v) is 19.1. The summed E-state index contributed by atoms with van der Waals surface area (Å²) >= 11 is 1.41. The quantitative estimate of drug-likeness (QED) is 0.309. The summed E-state index contributed by atoms with van der Waals surface area (Å²) in [6.45, 7) is 5.39. The molecule has 1 saturated carbocycles. The molecule has 0 radical (unpaired) electrons. The van der Waals surface area contributed by atoms with Crippen LogP contribution in [0.5, 0.6) is 0 Å². The zero-order valence-electron chi connectivity index (χ0n) is 18.3. The minimum absolute atomic E-state index is 0.0000113. The molecular weight excluding hydrogens is 412 g/mol. The maximum atomic E-state index is 12.9. The minimum atomic E-state index is -0.653. The van der Waals surface area contributed by atoms with Gasteiger partial charge in [-0.3, -0.25) is 9.59 Å². The van der Waals surface area contributed by atoms with Crippen molar-refractivity contribution in [2.45, 2.75) is 63.8 Å². The number of hydrogen-bond acceptors (Lipinski definition) is 7. The normalized spacial score (nSPS) is 15.7. The van der Waals surface area contributed by atoms with Gasteiger partial charge in [0.05, 0.1) is 6.04 Å². The fraction of sp³-hybridized carbons (Fsp3) is 0.565. The lowest BCUT2D eigenvalue weighted by molar-refractivity contribution is -0.126. The highest BCUT2D eigenvalue weighted by Gasteiger charge is 2.32. The van der Waals surface area contributed by atoms with Crippen molar-refractivity contribution in [2.75, 3.05) is 12.3 Å². The van der Waals surface area contributed by atoms with Gasteiger partial charge in [0, 0.05) is 24.8 Å². The molecule has 1 amide bonds. The van der Waals surface area contributed by atoms with Gasteiger partial charge in [-0.1, -0.05) is 75.2 Å². The van der Waals surface area contributed by atoms with Gasteiger partial charge in [0.2, 0.25) is 11.7 Å². The molecule has 1 aromatic carbocycles. The van der Waals surface area contributed by atoms with Crippen molar-refractivity contribution in [3.63, 3.8) is 0 Å². The van der Waals surface area contributed by atoms with Crippen LogP contribution in [0.3, 0.4) is 0 Å². The summed E-state index contributed by atoms with van der Waals surface area (Å²) in [4.78, 5) is 25.5. The van der Waals surface area contributed by atoms with Crippen LogP contribution in [0.25, 0.3) is 0 Å².